The summed E-state index contributed by atoms with van der Waals surface area (Å²) in [5.74, 6) is 0.945. The number of carbonyl (C=O) groups excluding carboxylic acids is 1. The van der Waals surface area contributed by atoms with Crippen molar-refractivity contribution in [3.8, 4) is 11.3 Å². The molecule has 1 aliphatic rings. The molecular formula is C21H13Cl2NO2S2. The Kier molecular flexibility index (Phi) is 5.34. The van der Waals surface area contributed by atoms with Gasteiger partial charge in [0.05, 0.1) is 20.6 Å². The molecule has 7 heteroatoms. The van der Waals surface area contributed by atoms with Gasteiger partial charge in [-0.15, -0.1) is 0 Å². The van der Waals surface area contributed by atoms with Crippen LogP contribution in [0.5, 0.6) is 0 Å². The number of aryl methyl sites for hydroxylation is 1. The van der Waals surface area contributed by atoms with Crippen LogP contribution in [-0.2, 0) is 4.79 Å². The Morgan fingerprint density at radius 1 is 1.07 bits per heavy atom. The molecule has 1 aromatic heterocycles. The summed E-state index contributed by atoms with van der Waals surface area (Å²) in [7, 11) is 0. The minimum absolute atomic E-state index is 0.169. The number of thiocarbonyl (C=S) groups is 1. The third-order valence-corrected chi connectivity index (χ3v) is 6.32. The van der Waals surface area contributed by atoms with E-state index in [9.17, 15) is 4.79 Å². The summed E-state index contributed by atoms with van der Waals surface area (Å²) in [5.41, 5.74) is 2.57. The fourth-order valence-corrected chi connectivity index (χ4v) is 4.46. The SMILES string of the molecule is Cc1ccc(N2C(=O)/C(=C/c3ccc(-c4cccc(Cl)c4Cl)o3)SC2=S)cc1. The van der Waals surface area contributed by atoms with E-state index < -0.39 is 0 Å². The third-order valence-electron chi connectivity index (χ3n) is 4.20. The van der Waals surface area contributed by atoms with Crippen LogP contribution < -0.4 is 4.90 Å². The molecule has 3 nitrogen and oxygen atoms in total. The molecule has 0 aliphatic carbocycles. The van der Waals surface area contributed by atoms with Crippen LogP contribution in [0.15, 0.2) is 63.9 Å². The number of anilines is 1. The number of thioether (sulfide) groups is 1. The smallest absolute Gasteiger partial charge is 0.270 e. The lowest BCUT2D eigenvalue weighted by Gasteiger charge is -2.14. The predicted octanol–water partition coefficient (Wildman–Crippen LogP) is 6.97. The van der Waals surface area contributed by atoms with Crippen molar-refractivity contribution in [2.75, 3.05) is 4.90 Å². The van der Waals surface area contributed by atoms with E-state index in [1.165, 1.54) is 16.7 Å². The quantitative estimate of drug-likeness (QED) is 0.321. The first-order valence-electron chi connectivity index (χ1n) is 8.33. The molecule has 2 aromatic carbocycles. The molecular weight excluding hydrogens is 433 g/mol. The Morgan fingerprint density at radius 2 is 1.82 bits per heavy atom. The highest BCUT2D eigenvalue weighted by Gasteiger charge is 2.33. The lowest BCUT2D eigenvalue weighted by Crippen LogP contribution is -2.27. The Bertz CT molecular complexity index is 1120. The minimum Gasteiger partial charge on any atom is -0.457 e. The van der Waals surface area contributed by atoms with Gasteiger partial charge in [-0.25, -0.2) is 0 Å². The van der Waals surface area contributed by atoms with Gasteiger partial charge in [-0.05, 0) is 43.3 Å². The molecule has 4 rings (SSSR count). The van der Waals surface area contributed by atoms with Crippen LogP contribution in [-0.4, -0.2) is 10.2 Å². The van der Waals surface area contributed by atoms with Crippen LogP contribution >= 0.6 is 47.2 Å². The second kappa shape index (κ2) is 7.76. The van der Waals surface area contributed by atoms with Gasteiger partial charge in [0.2, 0.25) is 0 Å². The van der Waals surface area contributed by atoms with Crippen LogP contribution in [0, 0.1) is 6.92 Å². The molecule has 1 fully saturated rings. The normalized spacial score (nSPS) is 15.7. The molecule has 0 spiro atoms. The van der Waals surface area contributed by atoms with Gasteiger partial charge in [-0.1, -0.05) is 70.9 Å². The average Bonchev–Trinajstić information content (AvgIpc) is 3.23. The summed E-state index contributed by atoms with van der Waals surface area (Å²) < 4.78 is 6.35. The number of carbonyl (C=O) groups is 1. The number of benzene rings is 2. The van der Waals surface area contributed by atoms with Crippen molar-refractivity contribution in [3.05, 3.63) is 80.9 Å². The molecule has 0 unspecified atom stereocenters. The van der Waals surface area contributed by atoms with Crippen LogP contribution in [0.4, 0.5) is 5.69 Å². The lowest BCUT2D eigenvalue weighted by molar-refractivity contribution is -0.113. The first-order chi connectivity index (χ1) is 13.4. The van der Waals surface area contributed by atoms with E-state index in [0.29, 0.717) is 36.4 Å². The van der Waals surface area contributed by atoms with Gasteiger partial charge >= 0.3 is 0 Å². The van der Waals surface area contributed by atoms with Gasteiger partial charge in [0.1, 0.15) is 11.5 Å². The highest BCUT2D eigenvalue weighted by atomic mass is 35.5. The third kappa shape index (κ3) is 3.63. The molecule has 0 atom stereocenters. The number of furan rings is 1. The summed E-state index contributed by atoms with van der Waals surface area (Å²) in [5, 5.41) is 0.881. The fraction of sp³-hybridized carbons (Fsp3) is 0.0476. The van der Waals surface area contributed by atoms with E-state index in [-0.39, 0.29) is 5.91 Å². The average molecular weight is 446 g/mol. The predicted molar refractivity (Wildman–Crippen MR) is 121 cm³/mol. The van der Waals surface area contributed by atoms with Crippen molar-refractivity contribution in [1.82, 2.24) is 0 Å². The highest BCUT2D eigenvalue weighted by Crippen LogP contribution is 2.38. The van der Waals surface area contributed by atoms with E-state index in [1.807, 2.05) is 37.3 Å². The molecule has 0 bridgehead atoms. The number of rotatable bonds is 3. The van der Waals surface area contributed by atoms with Crippen molar-refractivity contribution in [2.24, 2.45) is 0 Å². The first-order valence-corrected chi connectivity index (χ1v) is 10.3. The van der Waals surface area contributed by atoms with Gasteiger partial charge in [-0.2, -0.15) is 0 Å². The van der Waals surface area contributed by atoms with Gasteiger partial charge < -0.3 is 4.42 Å². The van der Waals surface area contributed by atoms with Crippen molar-refractivity contribution >= 4 is 69.2 Å². The fourth-order valence-electron chi connectivity index (χ4n) is 2.78. The maximum Gasteiger partial charge on any atom is 0.270 e. The van der Waals surface area contributed by atoms with Gasteiger partial charge in [0.25, 0.3) is 5.91 Å². The first kappa shape index (κ1) is 19.3. The summed E-state index contributed by atoms with van der Waals surface area (Å²) in [6, 6.07) is 16.6. The molecule has 0 N–H and O–H groups in total. The molecule has 2 heterocycles. The summed E-state index contributed by atoms with van der Waals surface area (Å²) in [6.45, 7) is 1.99. The van der Waals surface area contributed by atoms with Crippen molar-refractivity contribution in [1.29, 1.82) is 0 Å². The largest absolute Gasteiger partial charge is 0.457 e. The van der Waals surface area contributed by atoms with Crippen molar-refractivity contribution in [3.63, 3.8) is 0 Å². The molecule has 140 valence electrons. The topological polar surface area (TPSA) is 33.5 Å². The lowest BCUT2D eigenvalue weighted by atomic mass is 10.2. The van der Waals surface area contributed by atoms with Gasteiger partial charge in [-0.3, -0.25) is 9.69 Å². The van der Waals surface area contributed by atoms with E-state index in [4.69, 9.17) is 39.8 Å². The molecule has 1 aliphatic heterocycles. The molecule has 0 saturated carbocycles. The molecule has 1 amide bonds. The maximum absolute atomic E-state index is 12.9. The summed E-state index contributed by atoms with van der Waals surface area (Å²) in [4.78, 5) is 14.9. The number of hydrogen-bond donors (Lipinski definition) is 0. The van der Waals surface area contributed by atoms with Crippen LogP contribution in [0.3, 0.4) is 0 Å². The zero-order valence-corrected chi connectivity index (χ0v) is 17.8. The Morgan fingerprint density at radius 3 is 2.57 bits per heavy atom. The number of halogens is 2. The Hall–Kier alpha value is -2.05. The van der Waals surface area contributed by atoms with E-state index in [1.54, 1.807) is 30.3 Å². The zero-order chi connectivity index (χ0) is 19.8. The van der Waals surface area contributed by atoms with Crippen LogP contribution in [0.1, 0.15) is 11.3 Å². The zero-order valence-electron chi connectivity index (χ0n) is 14.6. The van der Waals surface area contributed by atoms with Crippen LogP contribution in [0.2, 0.25) is 10.0 Å². The highest BCUT2D eigenvalue weighted by molar-refractivity contribution is 8.27. The van der Waals surface area contributed by atoms with E-state index >= 15 is 0 Å². The van der Waals surface area contributed by atoms with Gasteiger partial charge in [0, 0.05) is 11.6 Å². The number of nitrogens with zero attached hydrogens (tertiary/aromatic N) is 1. The van der Waals surface area contributed by atoms with Gasteiger partial charge in [0.15, 0.2) is 4.32 Å². The molecule has 28 heavy (non-hydrogen) atoms. The molecule has 0 radical (unpaired) electrons. The second-order valence-corrected chi connectivity index (χ2v) is 8.62. The standard InChI is InChI=1S/C21H13Cl2NO2S2/c1-12-5-7-13(8-6-12)24-20(25)18(28-21(24)27)11-14-9-10-17(26-14)15-3-2-4-16(22)19(15)23/h2-11H,1H3/b18-11-. The molecule has 3 aromatic rings. The number of hydrogen-bond acceptors (Lipinski definition) is 4. The van der Waals surface area contributed by atoms with Crippen molar-refractivity contribution in [2.45, 2.75) is 6.92 Å². The number of amides is 1. The maximum atomic E-state index is 12.9. The minimum atomic E-state index is -0.169. The Labute approximate surface area is 181 Å². The monoisotopic (exact) mass is 445 g/mol. The summed E-state index contributed by atoms with van der Waals surface area (Å²) >= 11 is 19.0. The van der Waals surface area contributed by atoms with Crippen LogP contribution in [0.25, 0.3) is 17.4 Å². The van der Waals surface area contributed by atoms with E-state index in [0.717, 1.165) is 11.3 Å². The van der Waals surface area contributed by atoms with Crippen molar-refractivity contribution < 1.29 is 9.21 Å². The van der Waals surface area contributed by atoms with E-state index in [2.05, 4.69) is 0 Å². The Balaban J connectivity index is 1.62. The second-order valence-electron chi connectivity index (χ2n) is 6.16. The molecule has 1 saturated heterocycles. The summed E-state index contributed by atoms with van der Waals surface area (Å²) in [6.07, 6.45) is 1.69.